The minimum Gasteiger partial charge on any atom is -0.286 e. The van der Waals surface area contributed by atoms with Crippen LogP contribution in [-0.2, 0) is 0 Å². The lowest BCUT2D eigenvalue weighted by atomic mass is 9.98. The van der Waals surface area contributed by atoms with Crippen LogP contribution in [0.5, 0.6) is 0 Å². The smallest absolute Gasteiger partial charge is 0.148 e. The number of nitrogens with one attached hydrogen (secondary N) is 2. The van der Waals surface area contributed by atoms with Gasteiger partial charge in [-0.15, -0.1) is 0 Å². The predicted octanol–water partition coefficient (Wildman–Crippen LogP) is 3.61. The first kappa shape index (κ1) is 15.6. The zero-order valence-corrected chi connectivity index (χ0v) is 14.4. The molecule has 0 saturated heterocycles. The minimum atomic E-state index is -0.179. The van der Waals surface area contributed by atoms with Gasteiger partial charge >= 0.3 is 0 Å². The molecule has 0 radical (unpaired) electrons. The minimum absolute atomic E-state index is 0.179. The highest BCUT2D eigenvalue weighted by atomic mass is 79.9. The average molecular weight is 370 g/mol. The summed E-state index contributed by atoms with van der Waals surface area (Å²) in [6.07, 6.45) is 1.77. The topological polar surface area (TPSA) is 78.4 Å². The standard InChI is InChI=1S/C17H16BrN5/c1-10-3-6-16(19)23(22-10)17(20)11(2)12-4-5-15-13(7-12)8-14(18)9-21-15/h3-9,11,19-20H,1-2H3. The van der Waals surface area contributed by atoms with E-state index in [0.717, 1.165) is 26.6 Å². The van der Waals surface area contributed by atoms with Crippen molar-refractivity contribution in [3.8, 4) is 0 Å². The van der Waals surface area contributed by atoms with Gasteiger partial charge in [-0.25, -0.2) is 4.68 Å². The highest BCUT2D eigenvalue weighted by molar-refractivity contribution is 9.10. The Balaban J connectivity index is 2.02. The number of hydrogen-bond donors (Lipinski definition) is 2. The summed E-state index contributed by atoms with van der Waals surface area (Å²) in [7, 11) is 0. The molecule has 3 rings (SSSR count). The van der Waals surface area contributed by atoms with Gasteiger partial charge in [-0.3, -0.25) is 15.8 Å². The normalized spacial score (nSPS) is 12.3. The second-order valence-electron chi connectivity index (χ2n) is 5.48. The Bertz CT molecular complexity index is 961. The van der Waals surface area contributed by atoms with E-state index in [4.69, 9.17) is 10.8 Å². The maximum atomic E-state index is 8.42. The monoisotopic (exact) mass is 369 g/mol. The third-order valence-corrected chi connectivity index (χ3v) is 4.21. The molecule has 0 amide bonds. The average Bonchev–Trinajstić information content (AvgIpc) is 2.55. The molecule has 2 N–H and O–H groups in total. The lowest BCUT2D eigenvalue weighted by molar-refractivity contribution is 0.752. The fraction of sp³-hybridized carbons (Fsp3) is 0.176. The molecule has 1 unspecified atom stereocenters. The van der Waals surface area contributed by atoms with Crippen molar-refractivity contribution in [2.24, 2.45) is 0 Å². The van der Waals surface area contributed by atoms with Gasteiger partial charge in [-0.2, -0.15) is 5.10 Å². The molecule has 0 spiro atoms. The molecule has 1 aromatic carbocycles. The molecule has 0 saturated carbocycles. The van der Waals surface area contributed by atoms with Gasteiger partial charge in [0.05, 0.1) is 11.2 Å². The number of pyridine rings is 1. The second kappa shape index (κ2) is 6.04. The van der Waals surface area contributed by atoms with E-state index in [-0.39, 0.29) is 17.2 Å². The largest absolute Gasteiger partial charge is 0.286 e. The van der Waals surface area contributed by atoms with Crippen LogP contribution in [0, 0.1) is 17.7 Å². The first-order chi connectivity index (χ1) is 11.0. The van der Waals surface area contributed by atoms with Crippen LogP contribution in [-0.4, -0.2) is 20.6 Å². The molecule has 116 valence electrons. The number of fused-ring (bicyclic) bond motifs is 1. The molecule has 6 heteroatoms. The number of hydrogen-bond acceptors (Lipinski definition) is 4. The molecule has 5 nitrogen and oxygen atoms in total. The SMILES string of the molecule is Cc1ccc(=N)n(C(=N)C(C)c2ccc3ncc(Br)cc3c2)n1. The molecule has 1 atom stereocenters. The molecule has 0 aliphatic rings. The summed E-state index contributed by atoms with van der Waals surface area (Å²) in [5, 5.41) is 21.7. The van der Waals surface area contributed by atoms with E-state index in [0.29, 0.717) is 0 Å². The van der Waals surface area contributed by atoms with Crippen molar-refractivity contribution in [2.45, 2.75) is 19.8 Å². The number of aromatic nitrogens is 3. The summed E-state index contributed by atoms with van der Waals surface area (Å²) in [6, 6.07) is 11.4. The van der Waals surface area contributed by atoms with Crippen LogP contribution in [0.25, 0.3) is 10.9 Å². The van der Waals surface area contributed by atoms with Crippen LogP contribution in [0.4, 0.5) is 0 Å². The number of rotatable bonds is 2. The Kier molecular flexibility index (Phi) is 4.09. The number of nitrogens with zero attached hydrogens (tertiary/aromatic N) is 3. The van der Waals surface area contributed by atoms with E-state index < -0.39 is 0 Å². The fourth-order valence-electron chi connectivity index (χ4n) is 2.43. The van der Waals surface area contributed by atoms with E-state index in [2.05, 4.69) is 26.0 Å². The number of aryl methyl sites for hydroxylation is 1. The van der Waals surface area contributed by atoms with Crippen molar-refractivity contribution in [3.63, 3.8) is 0 Å². The van der Waals surface area contributed by atoms with E-state index in [1.54, 1.807) is 18.3 Å². The lowest BCUT2D eigenvalue weighted by Crippen LogP contribution is -2.32. The van der Waals surface area contributed by atoms with Gasteiger partial charge in [0.15, 0.2) is 0 Å². The molecular formula is C17H16BrN5. The first-order valence-electron chi connectivity index (χ1n) is 7.21. The summed E-state index contributed by atoms with van der Waals surface area (Å²) in [5.41, 5.74) is 2.90. The molecule has 2 heterocycles. The van der Waals surface area contributed by atoms with Gasteiger partial charge in [0.1, 0.15) is 11.3 Å². The van der Waals surface area contributed by atoms with E-state index in [9.17, 15) is 0 Å². The van der Waals surface area contributed by atoms with Crippen LogP contribution in [0.15, 0.2) is 47.1 Å². The second-order valence-corrected chi connectivity index (χ2v) is 6.40. The van der Waals surface area contributed by atoms with Crippen molar-refractivity contribution in [3.05, 3.63) is 63.8 Å². The third-order valence-electron chi connectivity index (χ3n) is 3.78. The predicted molar refractivity (Wildman–Crippen MR) is 93.8 cm³/mol. The van der Waals surface area contributed by atoms with Gasteiger partial charge in [0.25, 0.3) is 0 Å². The molecular weight excluding hydrogens is 354 g/mol. The summed E-state index contributed by atoms with van der Waals surface area (Å²) in [5.74, 6) is 0.0998. The van der Waals surface area contributed by atoms with Crippen LogP contribution in [0.2, 0.25) is 0 Å². The molecule has 0 aliphatic carbocycles. The van der Waals surface area contributed by atoms with Crippen LogP contribution in [0.1, 0.15) is 24.1 Å². The van der Waals surface area contributed by atoms with Crippen molar-refractivity contribution in [2.75, 3.05) is 0 Å². The summed E-state index contributed by atoms with van der Waals surface area (Å²) in [6.45, 7) is 3.80. The van der Waals surface area contributed by atoms with Crippen molar-refractivity contribution in [1.82, 2.24) is 14.8 Å². The van der Waals surface area contributed by atoms with Crippen LogP contribution in [0.3, 0.4) is 0 Å². The third kappa shape index (κ3) is 3.07. The quantitative estimate of drug-likeness (QED) is 0.534. The highest BCUT2D eigenvalue weighted by Gasteiger charge is 2.15. The number of benzene rings is 1. The van der Waals surface area contributed by atoms with Crippen LogP contribution >= 0.6 is 15.9 Å². The molecule has 0 bridgehead atoms. The summed E-state index contributed by atoms with van der Waals surface area (Å²) < 4.78 is 2.30. The van der Waals surface area contributed by atoms with Gasteiger partial charge in [-0.05, 0) is 58.7 Å². The fourth-order valence-corrected chi connectivity index (χ4v) is 2.78. The maximum Gasteiger partial charge on any atom is 0.148 e. The molecule has 23 heavy (non-hydrogen) atoms. The van der Waals surface area contributed by atoms with E-state index in [1.165, 1.54) is 4.68 Å². The van der Waals surface area contributed by atoms with Crippen LogP contribution < -0.4 is 5.49 Å². The lowest BCUT2D eigenvalue weighted by Gasteiger charge is -2.16. The Morgan fingerprint density at radius 1 is 1.22 bits per heavy atom. The molecule has 3 aromatic rings. The molecule has 0 aliphatic heterocycles. The van der Waals surface area contributed by atoms with E-state index >= 15 is 0 Å². The Labute approximate surface area is 142 Å². The van der Waals surface area contributed by atoms with Crippen molar-refractivity contribution >= 4 is 32.7 Å². The van der Waals surface area contributed by atoms with Gasteiger partial charge in [0, 0.05) is 22.0 Å². The molecule has 2 aromatic heterocycles. The zero-order valence-electron chi connectivity index (χ0n) is 12.8. The summed E-state index contributed by atoms with van der Waals surface area (Å²) in [4.78, 5) is 4.36. The Hall–Kier alpha value is -2.34. The van der Waals surface area contributed by atoms with Gasteiger partial charge in [0.2, 0.25) is 0 Å². The van der Waals surface area contributed by atoms with Crippen molar-refractivity contribution < 1.29 is 0 Å². The maximum absolute atomic E-state index is 8.42. The molecule has 0 fully saturated rings. The number of halogens is 1. The Morgan fingerprint density at radius 3 is 2.78 bits per heavy atom. The van der Waals surface area contributed by atoms with Gasteiger partial charge in [-0.1, -0.05) is 13.0 Å². The first-order valence-corrected chi connectivity index (χ1v) is 8.00. The highest BCUT2D eigenvalue weighted by Crippen LogP contribution is 2.23. The van der Waals surface area contributed by atoms with Crippen molar-refractivity contribution in [1.29, 1.82) is 10.8 Å². The summed E-state index contributed by atoms with van der Waals surface area (Å²) >= 11 is 3.43. The zero-order chi connectivity index (χ0) is 16.6. The van der Waals surface area contributed by atoms with E-state index in [1.807, 2.05) is 38.1 Å². The Morgan fingerprint density at radius 2 is 2.00 bits per heavy atom. The van der Waals surface area contributed by atoms with Gasteiger partial charge < -0.3 is 0 Å².